The third-order valence-corrected chi connectivity index (χ3v) is 4.06. The highest BCUT2D eigenvalue weighted by atomic mass is 16.6. The van der Waals surface area contributed by atoms with E-state index < -0.39 is 0 Å². The predicted molar refractivity (Wildman–Crippen MR) is 90.8 cm³/mol. The number of hydrogen-bond donors (Lipinski definition) is 0. The third kappa shape index (κ3) is 4.17. The summed E-state index contributed by atoms with van der Waals surface area (Å²) in [4.78, 5) is 31.9. The van der Waals surface area contributed by atoms with Gasteiger partial charge >= 0.3 is 6.09 Å². The Labute approximate surface area is 146 Å². The molecule has 1 aliphatic heterocycles. The van der Waals surface area contributed by atoms with E-state index in [1.165, 1.54) is 6.26 Å². The predicted octanol–water partition coefficient (Wildman–Crippen LogP) is 2.18. The number of piperazine rings is 1. The van der Waals surface area contributed by atoms with Gasteiger partial charge in [0, 0.05) is 31.7 Å². The van der Waals surface area contributed by atoms with Crippen LogP contribution in [0.15, 0.2) is 41.0 Å². The number of nitrogens with zero attached hydrogens (tertiary/aromatic N) is 3. The number of hydrogen-bond acceptors (Lipinski definition) is 5. The van der Waals surface area contributed by atoms with Crippen molar-refractivity contribution in [2.45, 2.75) is 13.3 Å². The first kappa shape index (κ1) is 17.0. The Morgan fingerprint density at radius 2 is 1.80 bits per heavy atom. The summed E-state index contributed by atoms with van der Waals surface area (Å²) in [5, 5.41) is 0. The minimum absolute atomic E-state index is 0.0172. The van der Waals surface area contributed by atoms with Gasteiger partial charge in [0.05, 0.1) is 18.7 Å². The van der Waals surface area contributed by atoms with Crippen LogP contribution in [0, 0.1) is 0 Å². The van der Waals surface area contributed by atoms with Crippen LogP contribution in [-0.4, -0.2) is 59.6 Å². The van der Waals surface area contributed by atoms with Gasteiger partial charge in [-0.2, -0.15) is 0 Å². The van der Waals surface area contributed by atoms with Crippen molar-refractivity contribution in [3.8, 4) is 11.5 Å². The second-order valence-electron chi connectivity index (χ2n) is 5.75. The lowest BCUT2D eigenvalue weighted by atomic mass is 10.2. The lowest BCUT2D eigenvalue weighted by molar-refractivity contribution is -0.132. The van der Waals surface area contributed by atoms with Crippen LogP contribution in [0.1, 0.15) is 12.6 Å². The van der Waals surface area contributed by atoms with Crippen molar-refractivity contribution in [1.29, 1.82) is 0 Å². The van der Waals surface area contributed by atoms with Crippen LogP contribution in [0.5, 0.6) is 0 Å². The fourth-order valence-electron chi connectivity index (χ4n) is 2.72. The van der Waals surface area contributed by atoms with Crippen molar-refractivity contribution in [3.05, 3.63) is 42.3 Å². The molecule has 2 amide bonds. The molecule has 3 rings (SSSR count). The number of carbonyl (C=O) groups is 2. The largest absolute Gasteiger partial charge is 0.450 e. The normalized spacial score (nSPS) is 14.4. The summed E-state index contributed by atoms with van der Waals surface area (Å²) in [7, 11) is 0. The first-order valence-electron chi connectivity index (χ1n) is 8.36. The molecule has 2 heterocycles. The molecule has 1 saturated heterocycles. The molecule has 0 radical (unpaired) electrons. The van der Waals surface area contributed by atoms with E-state index in [0.717, 1.165) is 5.56 Å². The third-order valence-electron chi connectivity index (χ3n) is 4.06. The maximum atomic E-state index is 12.4. The molecule has 1 fully saturated rings. The molecule has 132 valence electrons. The lowest BCUT2D eigenvalue weighted by Gasteiger charge is -2.33. The summed E-state index contributed by atoms with van der Waals surface area (Å²) in [5.74, 6) is 0.493. The van der Waals surface area contributed by atoms with Crippen LogP contribution < -0.4 is 0 Å². The quantitative estimate of drug-likeness (QED) is 0.850. The summed E-state index contributed by atoms with van der Waals surface area (Å²) < 4.78 is 10.4. The Morgan fingerprint density at radius 1 is 1.12 bits per heavy atom. The maximum absolute atomic E-state index is 12.4. The zero-order valence-corrected chi connectivity index (χ0v) is 14.2. The maximum Gasteiger partial charge on any atom is 0.409 e. The fourth-order valence-corrected chi connectivity index (χ4v) is 2.72. The van der Waals surface area contributed by atoms with Gasteiger partial charge in [-0.25, -0.2) is 9.78 Å². The summed E-state index contributed by atoms with van der Waals surface area (Å²) in [6.07, 6.45) is 1.39. The fraction of sp³-hybridized carbons (Fsp3) is 0.389. The number of carbonyl (C=O) groups excluding carboxylic acids is 2. The van der Waals surface area contributed by atoms with Gasteiger partial charge in [0.25, 0.3) is 0 Å². The van der Waals surface area contributed by atoms with Gasteiger partial charge in [0.2, 0.25) is 11.8 Å². The van der Waals surface area contributed by atoms with Crippen molar-refractivity contribution in [2.24, 2.45) is 0 Å². The number of aromatic nitrogens is 1. The average Bonchev–Trinajstić information content (AvgIpc) is 3.11. The van der Waals surface area contributed by atoms with Crippen LogP contribution >= 0.6 is 0 Å². The molecule has 0 bridgehead atoms. The number of benzene rings is 1. The molecule has 0 saturated carbocycles. The van der Waals surface area contributed by atoms with Gasteiger partial charge in [-0.3, -0.25) is 4.79 Å². The summed E-state index contributed by atoms with van der Waals surface area (Å²) >= 11 is 0. The Bertz CT molecular complexity index is 721. The molecule has 2 aromatic rings. The van der Waals surface area contributed by atoms with E-state index in [9.17, 15) is 9.59 Å². The number of amides is 2. The highest BCUT2D eigenvalue weighted by Gasteiger charge is 2.25. The summed E-state index contributed by atoms with van der Waals surface area (Å²) in [5.41, 5.74) is 1.49. The van der Waals surface area contributed by atoms with Crippen LogP contribution in [0.25, 0.3) is 11.5 Å². The first-order chi connectivity index (χ1) is 12.2. The molecule has 0 spiro atoms. The summed E-state index contributed by atoms with van der Waals surface area (Å²) in [6, 6.07) is 9.56. The molecule has 1 aliphatic rings. The minimum atomic E-state index is -0.321. The zero-order chi connectivity index (χ0) is 17.6. The minimum Gasteiger partial charge on any atom is -0.450 e. The molecule has 0 atom stereocenters. The van der Waals surface area contributed by atoms with Crippen LogP contribution in [0.2, 0.25) is 0 Å². The second-order valence-corrected chi connectivity index (χ2v) is 5.75. The van der Waals surface area contributed by atoms with E-state index in [1.807, 2.05) is 30.3 Å². The standard InChI is InChI=1S/C18H21N3O4/c1-2-24-18(23)21-10-8-20(9-11-21)16(22)12-15-13-25-17(19-15)14-6-4-3-5-7-14/h3-7,13H,2,8-12H2,1H3. The van der Waals surface area contributed by atoms with E-state index in [4.69, 9.17) is 9.15 Å². The summed E-state index contributed by atoms with van der Waals surface area (Å²) in [6.45, 7) is 4.10. The zero-order valence-electron chi connectivity index (χ0n) is 14.2. The molecule has 0 unspecified atom stereocenters. The van der Waals surface area contributed by atoms with Gasteiger partial charge < -0.3 is 19.0 Å². The molecule has 7 nitrogen and oxygen atoms in total. The van der Waals surface area contributed by atoms with E-state index in [0.29, 0.717) is 44.4 Å². The van der Waals surface area contributed by atoms with E-state index in [-0.39, 0.29) is 18.4 Å². The molecule has 1 aromatic heterocycles. The second kappa shape index (κ2) is 7.83. The van der Waals surface area contributed by atoms with Gasteiger partial charge in [-0.15, -0.1) is 0 Å². The average molecular weight is 343 g/mol. The van der Waals surface area contributed by atoms with Crippen LogP contribution in [-0.2, 0) is 16.0 Å². The van der Waals surface area contributed by atoms with E-state index in [1.54, 1.807) is 16.7 Å². The van der Waals surface area contributed by atoms with Crippen LogP contribution in [0.4, 0.5) is 4.79 Å². The lowest BCUT2D eigenvalue weighted by Crippen LogP contribution is -2.51. The van der Waals surface area contributed by atoms with E-state index >= 15 is 0 Å². The Kier molecular flexibility index (Phi) is 5.33. The van der Waals surface area contributed by atoms with Gasteiger partial charge in [-0.05, 0) is 19.1 Å². The van der Waals surface area contributed by atoms with Crippen molar-refractivity contribution < 1.29 is 18.7 Å². The van der Waals surface area contributed by atoms with Crippen LogP contribution in [0.3, 0.4) is 0 Å². The van der Waals surface area contributed by atoms with Gasteiger partial charge in [-0.1, -0.05) is 18.2 Å². The molecule has 1 aromatic carbocycles. The molecule has 7 heteroatoms. The van der Waals surface area contributed by atoms with Gasteiger partial charge in [0.15, 0.2) is 0 Å². The Balaban J connectivity index is 1.54. The number of oxazole rings is 1. The monoisotopic (exact) mass is 343 g/mol. The molecule has 0 aliphatic carbocycles. The van der Waals surface area contributed by atoms with Crippen molar-refractivity contribution in [2.75, 3.05) is 32.8 Å². The Hall–Kier alpha value is -2.83. The van der Waals surface area contributed by atoms with Crippen molar-refractivity contribution in [3.63, 3.8) is 0 Å². The Morgan fingerprint density at radius 3 is 2.48 bits per heavy atom. The van der Waals surface area contributed by atoms with Crippen molar-refractivity contribution in [1.82, 2.24) is 14.8 Å². The smallest absolute Gasteiger partial charge is 0.409 e. The molecule has 0 N–H and O–H groups in total. The first-order valence-corrected chi connectivity index (χ1v) is 8.36. The molecular weight excluding hydrogens is 322 g/mol. The number of rotatable bonds is 4. The SMILES string of the molecule is CCOC(=O)N1CCN(C(=O)Cc2coc(-c3ccccc3)n2)CC1. The van der Waals surface area contributed by atoms with Crippen molar-refractivity contribution >= 4 is 12.0 Å². The van der Waals surface area contributed by atoms with E-state index in [2.05, 4.69) is 4.98 Å². The molecule has 25 heavy (non-hydrogen) atoms. The highest BCUT2D eigenvalue weighted by molar-refractivity contribution is 5.79. The highest BCUT2D eigenvalue weighted by Crippen LogP contribution is 2.18. The molecular formula is C18H21N3O4. The number of ether oxygens (including phenoxy) is 1. The van der Waals surface area contributed by atoms with Gasteiger partial charge in [0.1, 0.15) is 6.26 Å². The topological polar surface area (TPSA) is 75.9 Å².